The summed E-state index contributed by atoms with van der Waals surface area (Å²) in [6.45, 7) is 7.72. The average Bonchev–Trinajstić information content (AvgIpc) is 3.18. The molecule has 0 saturated heterocycles. The number of nitrogens with one attached hydrogen (secondary N) is 1. The minimum atomic E-state index is -0.147. The van der Waals surface area contributed by atoms with Gasteiger partial charge in [-0.25, -0.2) is 4.98 Å². The van der Waals surface area contributed by atoms with Crippen LogP contribution in [0.25, 0.3) is 11.0 Å². The molecule has 0 aliphatic rings. The summed E-state index contributed by atoms with van der Waals surface area (Å²) in [7, 11) is 0. The second-order valence-electron chi connectivity index (χ2n) is 8.49. The zero-order valence-electron chi connectivity index (χ0n) is 20.0. The van der Waals surface area contributed by atoms with Crippen molar-refractivity contribution in [3.63, 3.8) is 0 Å². The molecule has 0 atom stereocenters. The number of benzene rings is 3. The molecule has 4 rings (SSSR count). The highest BCUT2D eigenvalue weighted by molar-refractivity contribution is 5.78. The minimum Gasteiger partial charge on any atom is -0.492 e. The first-order valence-electron chi connectivity index (χ1n) is 11.6. The third-order valence-corrected chi connectivity index (χ3v) is 5.71. The fourth-order valence-electron chi connectivity index (χ4n) is 3.83. The normalized spacial score (nSPS) is 10.9. The minimum absolute atomic E-state index is 0.00883. The van der Waals surface area contributed by atoms with Crippen molar-refractivity contribution in [3.05, 3.63) is 89.2 Å². The van der Waals surface area contributed by atoms with E-state index in [2.05, 4.69) is 22.9 Å². The molecule has 1 N–H and O–H groups in total. The number of ether oxygens (including phenoxy) is 2. The molecule has 6 heteroatoms. The Bertz CT molecular complexity index is 1260. The smallest absolute Gasteiger partial charge is 0.257 e. The highest BCUT2D eigenvalue weighted by Gasteiger charge is 2.12. The van der Waals surface area contributed by atoms with Crippen LogP contribution in [0.3, 0.4) is 0 Å². The summed E-state index contributed by atoms with van der Waals surface area (Å²) in [6, 6.07) is 22.1. The van der Waals surface area contributed by atoms with Crippen molar-refractivity contribution in [3.8, 4) is 11.5 Å². The Balaban J connectivity index is 1.33. The van der Waals surface area contributed by atoms with E-state index in [-0.39, 0.29) is 12.5 Å². The van der Waals surface area contributed by atoms with Crippen molar-refractivity contribution < 1.29 is 14.3 Å². The lowest BCUT2D eigenvalue weighted by atomic mass is 10.1. The Kier molecular flexibility index (Phi) is 7.48. The van der Waals surface area contributed by atoms with Crippen LogP contribution in [0.4, 0.5) is 0 Å². The number of amides is 1. The van der Waals surface area contributed by atoms with Crippen LogP contribution < -0.4 is 14.8 Å². The molecular weight excluding hydrogens is 426 g/mol. The summed E-state index contributed by atoms with van der Waals surface area (Å²) in [5, 5.41) is 2.95. The van der Waals surface area contributed by atoms with Crippen molar-refractivity contribution in [1.82, 2.24) is 14.9 Å². The van der Waals surface area contributed by atoms with Gasteiger partial charge in [-0.1, -0.05) is 42.0 Å². The summed E-state index contributed by atoms with van der Waals surface area (Å²) in [5.41, 5.74) is 5.33. The molecule has 176 valence electrons. The van der Waals surface area contributed by atoms with Crippen molar-refractivity contribution in [1.29, 1.82) is 0 Å². The number of fused-ring (bicyclic) bond motifs is 1. The molecule has 34 heavy (non-hydrogen) atoms. The molecule has 1 aromatic heterocycles. The number of hydrogen-bond donors (Lipinski definition) is 1. The molecule has 4 aromatic rings. The van der Waals surface area contributed by atoms with Crippen molar-refractivity contribution >= 4 is 16.9 Å². The molecule has 0 fully saturated rings. The molecule has 1 amide bonds. The first kappa shape index (κ1) is 23.4. The number of hydrogen-bond acceptors (Lipinski definition) is 4. The Hall–Kier alpha value is -3.80. The number of aromatic nitrogens is 2. The van der Waals surface area contributed by atoms with Gasteiger partial charge in [0.1, 0.15) is 23.9 Å². The lowest BCUT2D eigenvalue weighted by Gasteiger charge is -2.12. The number of rotatable bonds is 10. The van der Waals surface area contributed by atoms with E-state index in [0.29, 0.717) is 26.1 Å². The van der Waals surface area contributed by atoms with Crippen LogP contribution in [-0.2, 0) is 17.8 Å². The SMILES string of the molecule is Cc1ccc(OCCn2c(CCNC(=O)COc3cc(C)ccc3C)nc3ccccc32)cc1. The van der Waals surface area contributed by atoms with E-state index in [4.69, 9.17) is 14.5 Å². The summed E-state index contributed by atoms with van der Waals surface area (Å²) >= 11 is 0. The van der Waals surface area contributed by atoms with Crippen LogP contribution in [0.5, 0.6) is 11.5 Å². The molecule has 0 aliphatic heterocycles. The summed E-state index contributed by atoms with van der Waals surface area (Å²) in [6.07, 6.45) is 0.619. The third-order valence-electron chi connectivity index (χ3n) is 5.71. The Morgan fingerprint density at radius 1 is 0.941 bits per heavy atom. The molecule has 0 spiro atoms. The van der Waals surface area contributed by atoms with Crippen molar-refractivity contribution in [2.45, 2.75) is 33.7 Å². The van der Waals surface area contributed by atoms with Gasteiger partial charge in [-0.05, 0) is 62.2 Å². The highest BCUT2D eigenvalue weighted by atomic mass is 16.5. The van der Waals surface area contributed by atoms with E-state index in [1.807, 2.05) is 74.5 Å². The van der Waals surface area contributed by atoms with Gasteiger partial charge in [0.05, 0.1) is 17.6 Å². The van der Waals surface area contributed by atoms with Gasteiger partial charge in [-0.3, -0.25) is 4.79 Å². The molecule has 0 radical (unpaired) electrons. The first-order chi connectivity index (χ1) is 16.5. The maximum atomic E-state index is 12.3. The Labute approximate surface area is 200 Å². The standard InChI is InChI=1S/C28H31N3O3/c1-20-9-12-23(13-10-20)33-17-16-31-25-7-5-4-6-24(25)30-27(31)14-15-29-28(32)19-34-26-18-21(2)8-11-22(26)3/h4-13,18H,14-17,19H2,1-3H3,(H,29,32). The number of carbonyl (C=O) groups excluding carboxylic acids is 1. The topological polar surface area (TPSA) is 65.4 Å². The van der Waals surface area contributed by atoms with E-state index in [9.17, 15) is 4.79 Å². The predicted molar refractivity (Wildman–Crippen MR) is 135 cm³/mol. The summed E-state index contributed by atoms with van der Waals surface area (Å²) < 4.78 is 13.8. The molecule has 0 bridgehead atoms. The monoisotopic (exact) mass is 457 g/mol. The fourth-order valence-corrected chi connectivity index (χ4v) is 3.83. The fraction of sp³-hybridized carbons (Fsp3) is 0.286. The molecule has 0 aliphatic carbocycles. The zero-order chi connectivity index (χ0) is 23.9. The van der Waals surface area contributed by atoms with Crippen LogP contribution in [0.1, 0.15) is 22.5 Å². The van der Waals surface area contributed by atoms with Gasteiger partial charge in [0.15, 0.2) is 6.61 Å². The number of carbonyl (C=O) groups is 1. The number of aryl methyl sites for hydroxylation is 3. The van der Waals surface area contributed by atoms with Crippen molar-refractivity contribution in [2.24, 2.45) is 0 Å². The maximum absolute atomic E-state index is 12.3. The molecule has 0 unspecified atom stereocenters. The molecule has 3 aromatic carbocycles. The predicted octanol–water partition coefficient (Wildman–Crippen LogP) is 4.78. The molecule has 0 saturated carbocycles. The third kappa shape index (κ3) is 5.95. The quantitative estimate of drug-likeness (QED) is 0.372. The second-order valence-corrected chi connectivity index (χ2v) is 8.49. The van der Waals surface area contributed by atoms with Gasteiger partial charge in [-0.2, -0.15) is 0 Å². The molecule has 1 heterocycles. The first-order valence-corrected chi connectivity index (χ1v) is 11.6. The van der Waals surface area contributed by atoms with Crippen molar-refractivity contribution in [2.75, 3.05) is 19.8 Å². The second kappa shape index (κ2) is 10.9. The molecular formula is C28H31N3O3. The number of para-hydroxylation sites is 2. The largest absolute Gasteiger partial charge is 0.492 e. The van der Waals surface area contributed by atoms with Gasteiger partial charge in [0.25, 0.3) is 5.91 Å². The molecule has 6 nitrogen and oxygen atoms in total. The van der Waals surface area contributed by atoms with E-state index in [0.717, 1.165) is 39.5 Å². The van der Waals surface area contributed by atoms with Crippen LogP contribution in [-0.4, -0.2) is 35.2 Å². The number of imidazole rings is 1. The van der Waals surface area contributed by atoms with E-state index >= 15 is 0 Å². The Morgan fingerprint density at radius 2 is 1.71 bits per heavy atom. The van der Waals surface area contributed by atoms with E-state index < -0.39 is 0 Å². The maximum Gasteiger partial charge on any atom is 0.257 e. The number of nitrogens with zero attached hydrogens (tertiary/aromatic N) is 2. The summed E-state index contributed by atoms with van der Waals surface area (Å²) in [4.78, 5) is 17.1. The van der Waals surface area contributed by atoms with E-state index in [1.165, 1.54) is 5.56 Å². The highest BCUT2D eigenvalue weighted by Crippen LogP contribution is 2.19. The van der Waals surface area contributed by atoms with Gasteiger partial charge >= 0.3 is 0 Å². The Morgan fingerprint density at radius 3 is 2.53 bits per heavy atom. The van der Waals surface area contributed by atoms with Crippen LogP contribution >= 0.6 is 0 Å². The van der Waals surface area contributed by atoms with Gasteiger partial charge in [0.2, 0.25) is 0 Å². The lowest BCUT2D eigenvalue weighted by Crippen LogP contribution is -2.31. The van der Waals surface area contributed by atoms with Crippen LogP contribution in [0.15, 0.2) is 66.7 Å². The lowest BCUT2D eigenvalue weighted by molar-refractivity contribution is -0.123. The summed E-state index contributed by atoms with van der Waals surface area (Å²) in [5.74, 6) is 2.37. The van der Waals surface area contributed by atoms with Gasteiger partial charge in [-0.15, -0.1) is 0 Å². The van der Waals surface area contributed by atoms with E-state index in [1.54, 1.807) is 0 Å². The van der Waals surface area contributed by atoms with Gasteiger partial charge in [0, 0.05) is 13.0 Å². The van der Waals surface area contributed by atoms with Crippen LogP contribution in [0.2, 0.25) is 0 Å². The zero-order valence-corrected chi connectivity index (χ0v) is 20.0. The van der Waals surface area contributed by atoms with Crippen LogP contribution in [0, 0.1) is 20.8 Å². The average molecular weight is 458 g/mol. The van der Waals surface area contributed by atoms with Gasteiger partial charge < -0.3 is 19.4 Å².